The Morgan fingerprint density at radius 2 is 1.63 bits per heavy atom. The zero-order valence-electron chi connectivity index (χ0n) is 21.5. The SMILES string of the molecule is CC[C@@H](C)NC(=O)[C@H](C)N(Cc1ccccc1F)C(=O)CN(c1cccc(Cl)c1)S(=O)(=O)c1ccccc1. The fourth-order valence-electron chi connectivity index (χ4n) is 3.74. The monoisotopic (exact) mass is 559 g/mol. The number of nitrogens with one attached hydrogen (secondary N) is 1. The van der Waals surface area contributed by atoms with Crippen molar-refractivity contribution in [2.75, 3.05) is 10.8 Å². The fraction of sp³-hybridized carbons (Fsp3) is 0.286. The molecule has 1 N–H and O–H groups in total. The smallest absolute Gasteiger partial charge is 0.264 e. The maximum absolute atomic E-state index is 14.6. The van der Waals surface area contributed by atoms with Gasteiger partial charge in [0.2, 0.25) is 11.8 Å². The maximum atomic E-state index is 14.6. The average Bonchev–Trinajstić information content (AvgIpc) is 2.91. The number of carbonyl (C=O) groups excluding carboxylic acids is 2. The lowest BCUT2D eigenvalue weighted by Gasteiger charge is -2.32. The quantitative estimate of drug-likeness (QED) is 0.358. The van der Waals surface area contributed by atoms with E-state index in [9.17, 15) is 22.4 Å². The molecule has 0 fully saturated rings. The Morgan fingerprint density at radius 3 is 2.26 bits per heavy atom. The van der Waals surface area contributed by atoms with Gasteiger partial charge in [0, 0.05) is 23.2 Å². The second-order valence-electron chi connectivity index (χ2n) is 8.91. The number of anilines is 1. The standard InChI is InChI=1S/C28H31ClFN3O4S/c1-4-20(2)31-28(35)21(3)32(18-22-11-8-9-16-26(22)30)27(34)19-33(24-13-10-12-23(29)17-24)38(36,37)25-14-6-5-7-15-25/h5-17,20-21H,4,18-19H2,1-3H3,(H,31,35)/t20-,21+/m1/s1. The molecule has 38 heavy (non-hydrogen) atoms. The Balaban J connectivity index is 2.03. The molecule has 0 bridgehead atoms. The minimum atomic E-state index is -4.20. The van der Waals surface area contributed by atoms with E-state index in [4.69, 9.17) is 11.6 Å². The summed E-state index contributed by atoms with van der Waals surface area (Å²) in [5.41, 5.74) is 0.376. The highest BCUT2D eigenvalue weighted by Crippen LogP contribution is 2.27. The molecular formula is C28H31ClFN3O4S. The van der Waals surface area contributed by atoms with Gasteiger partial charge in [-0.1, -0.05) is 61.0 Å². The van der Waals surface area contributed by atoms with Crippen molar-refractivity contribution in [1.29, 1.82) is 0 Å². The van der Waals surface area contributed by atoms with E-state index in [2.05, 4.69) is 5.32 Å². The van der Waals surface area contributed by atoms with Gasteiger partial charge in [-0.2, -0.15) is 0 Å². The summed E-state index contributed by atoms with van der Waals surface area (Å²) in [7, 11) is -4.20. The Labute approximate surface area is 228 Å². The summed E-state index contributed by atoms with van der Waals surface area (Å²) in [4.78, 5) is 28.0. The number of hydrogen-bond donors (Lipinski definition) is 1. The van der Waals surface area contributed by atoms with E-state index in [0.29, 0.717) is 6.42 Å². The summed E-state index contributed by atoms with van der Waals surface area (Å²) in [6.07, 6.45) is 0.678. The molecule has 2 amide bonds. The van der Waals surface area contributed by atoms with Crippen molar-refractivity contribution >= 4 is 39.1 Å². The second-order valence-corrected chi connectivity index (χ2v) is 11.2. The predicted molar refractivity (Wildman–Crippen MR) is 147 cm³/mol. The molecule has 10 heteroatoms. The molecular weight excluding hydrogens is 529 g/mol. The predicted octanol–water partition coefficient (Wildman–Crippen LogP) is 5.01. The molecule has 202 valence electrons. The highest BCUT2D eigenvalue weighted by atomic mass is 35.5. The molecule has 0 saturated carbocycles. The Bertz CT molecular complexity index is 1370. The van der Waals surface area contributed by atoms with Crippen LogP contribution in [-0.2, 0) is 26.2 Å². The van der Waals surface area contributed by atoms with Gasteiger partial charge >= 0.3 is 0 Å². The van der Waals surface area contributed by atoms with Gasteiger partial charge in [-0.05, 0) is 56.7 Å². The van der Waals surface area contributed by atoms with Crippen LogP contribution in [-0.4, -0.2) is 43.8 Å². The topological polar surface area (TPSA) is 86.8 Å². The fourth-order valence-corrected chi connectivity index (χ4v) is 5.35. The maximum Gasteiger partial charge on any atom is 0.264 e. The van der Waals surface area contributed by atoms with Crippen LogP contribution < -0.4 is 9.62 Å². The Morgan fingerprint density at radius 1 is 0.974 bits per heavy atom. The zero-order chi connectivity index (χ0) is 27.9. The summed E-state index contributed by atoms with van der Waals surface area (Å²) in [6.45, 7) is 4.42. The van der Waals surface area contributed by atoms with Crippen molar-refractivity contribution in [3.05, 3.63) is 95.3 Å². The normalized spacial score (nSPS) is 12.9. The van der Waals surface area contributed by atoms with Gasteiger partial charge in [-0.25, -0.2) is 12.8 Å². The molecule has 0 saturated heterocycles. The lowest BCUT2D eigenvalue weighted by molar-refractivity contribution is -0.139. The molecule has 3 aromatic carbocycles. The van der Waals surface area contributed by atoms with Crippen LogP contribution >= 0.6 is 11.6 Å². The Hall–Kier alpha value is -3.43. The van der Waals surface area contributed by atoms with E-state index in [0.717, 1.165) is 4.31 Å². The van der Waals surface area contributed by atoms with Crippen molar-refractivity contribution in [1.82, 2.24) is 10.2 Å². The van der Waals surface area contributed by atoms with Crippen LogP contribution in [0, 0.1) is 5.82 Å². The van der Waals surface area contributed by atoms with Crippen LogP contribution in [0.5, 0.6) is 0 Å². The summed E-state index contributed by atoms with van der Waals surface area (Å²) in [6, 6.07) is 18.6. The highest BCUT2D eigenvalue weighted by molar-refractivity contribution is 7.92. The summed E-state index contributed by atoms with van der Waals surface area (Å²) < 4.78 is 42.9. The van der Waals surface area contributed by atoms with Gasteiger partial charge in [0.05, 0.1) is 10.6 Å². The number of halogens is 2. The largest absolute Gasteiger partial charge is 0.352 e. The van der Waals surface area contributed by atoms with Gasteiger partial charge < -0.3 is 10.2 Å². The van der Waals surface area contributed by atoms with E-state index in [-0.39, 0.29) is 33.8 Å². The van der Waals surface area contributed by atoms with Gasteiger partial charge in [-0.3, -0.25) is 13.9 Å². The molecule has 0 aliphatic carbocycles. The zero-order valence-corrected chi connectivity index (χ0v) is 23.0. The number of benzene rings is 3. The lowest BCUT2D eigenvalue weighted by Crippen LogP contribution is -2.52. The molecule has 3 rings (SSSR count). The van der Waals surface area contributed by atoms with Crippen LogP contribution in [0.2, 0.25) is 5.02 Å². The first-order valence-electron chi connectivity index (χ1n) is 12.2. The van der Waals surface area contributed by atoms with Crippen molar-refractivity contribution < 1.29 is 22.4 Å². The number of sulfonamides is 1. The third-order valence-corrected chi connectivity index (χ3v) is 8.20. The highest BCUT2D eigenvalue weighted by Gasteiger charge is 2.33. The minimum Gasteiger partial charge on any atom is -0.352 e. The van der Waals surface area contributed by atoms with Crippen molar-refractivity contribution in [2.24, 2.45) is 0 Å². The molecule has 3 aromatic rings. The molecule has 0 radical (unpaired) electrons. The number of carbonyl (C=O) groups is 2. The number of hydrogen-bond acceptors (Lipinski definition) is 4. The van der Waals surface area contributed by atoms with Crippen LogP contribution in [0.4, 0.5) is 10.1 Å². The molecule has 0 aromatic heterocycles. The lowest BCUT2D eigenvalue weighted by atomic mass is 10.1. The van der Waals surface area contributed by atoms with E-state index in [1.807, 2.05) is 13.8 Å². The third-order valence-electron chi connectivity index (χ3n) is 6.17. The van der Waals surface area contributed by atoms with E-state index >= 15 is 0 Å². The Kier molecular flexibility index (Phi) is 9.88. The average molecular weight is 560 g/mol. The van der Waals surface area contributed by atoms with Gasteiger partial charge in [0.15, 0.2) is 0 Å². The van der Waals surface area contributed by atoms with Gasteiger partial charge in [-0.15, -0.1) is 0 Å². The first-order chi connectivity index (χ1) is 18.0. The first kappa shape index (κ1) is 29.1. The number of rotatable bonds is 11. The molecule has 0 spiro atoms. The van der Waals surface area contributed by atoms with E-state index in [1.165, 1.54) is 54.3 Å². The molecule has 7 nitrogen and oxygen atoms in total. The molecule has 0 unspecified atom stereocenters. The van der Waals surface area contributed by atoms with Crippen LogP contribution in [0.3, 0.4) is 0 Å². The van der Waals surface area contributed by atoms with Crippen molar-refractivity contribution in [2.45, 2.75) is 50.7 Å². The number of amides is 2. The summed E-state index contributed by atoms with van der Waals surface area (Å²) in [5.74, 6) is -1.65. The molecule has 2 atom stereocenters. The summed E-state index contributed by atoms with van der Waals surface area (Å²) >= 11 is 6.15. The van der Waals surface area contributed by atoms with E-state index < -0.39 is 40.2 Å². The van der Waals surface area contributed by atoms with E-state index in [1.54, 1.807) is 36.4 Å². The second kappa shape index (κ2) is 12.9. The van der Waals surface area contributed by atoms with Crippen LogP contribution in [0.25, 0.3) is 0 Å². The summed E-state index contributed by atoms with van der Waals surface area (Å²) in [5, 5.41) is 3.12. The van der Waals surface area contributed by atoms with Crippen molar-refractivity contribution in [3.63, 3.8) is 0 Å². The molecule has 0 aliphatic rings. The van der Waals surface area contributed by atoms with Gasteiger partial charge in [0.1, 0.15) is 18.4 Å². The van der Waals surface area contributed by atoms with Crippen LogP contribution in [0.15, 0.2) is 83.8 Å². The van der Waals surface area contributed by atoms with Crippen LogP contribution in [0.1, 0.15) is 32.8 Å². The third kappa shape index (κ3) is 7.11. The number of nitrogens with zero attached hydrogens (tertiary/aromatic N) is 2. The minimum absolute atomic E-state index is 0.0176. The molecule has 0 heterocycles. The molecule has 0 aliphatic heterocycles. The van der Waals surface area contributed by atoms with Crippen molar-refractivity contribution in [3.8, 4) is 0 Å². The van der Waals surface area contributed by atoms with Gasteiger partial charge in [0.25, 0.3) is 10.0 Å². The first-order valence-corrected chi connectivity index (χ1v) is 14.0.